The first-order chi connectivity index (χ1) is 13.8. The number of pyridine rings is 1. The van der Waals surface area contributed by atoms with Crippen LogP contribution in [0.15, 0.2) is 61.3 Å². The van der Waals surface area contributed by atoms with Crippen molar-refractivity contribution in [3.05, 3.63) is 78.1 Å². The monoisotopic (exact) mass is 371 g/mol. The molecule has 1 unspecified atom stereocenters. The summed E-state index contributed by atoms with van der Waals surface area (Å²) in [5.74, 6) is 0.715. The van der Waals surface area contributed by atoms with Gasteiger partial charge < -0.3 is 10.3 Å². The van der Waals surface area contributed by atoms with E-state index < -0.39 is 0 Å². The standard InChI is InChI=1S/C22H21N5O/c28-22(25-13-15-5-4-10-24-21(15)27-12-11-23-14-27)18-8-3-7-17-16-6-1-2-9-19(16)26-20(17)18/h1-2,4-6,9-12,14,18,26H,3,7-8,13H2,(H,25,28). The van der Waals surface area contributed by atoms with Gasteiger partial charge in [0.2, 0.25) is 5.91 Å². The fraction of sp³-hybridized carbons (Fsp3) is 0.227. The summed E-state index contributed by atoms with van der Waals surface area (Å²) in [6.07, 6.45) is 9.95. The van der Waals surface area contributed by atoms with Crippen molar-refractivity contribution in [3.63, 3.8) is 0 Å². The third-order valence-electron chi connectivity index (χ3n) is 5.50. The normalized spacial score (nSPS) is 16.1. The van der Waals surface area contributed by atoms with Crippen LogP contribution in [0.2, 0.25) is 0 Å². The van der Waals surface area contributed by atoms with Gasteiger partial charge in [0, 0.05) is 47.3 Å². The molecule has 6 nitrogen and oxygen atoms in total. The molecule has 3 heterocycles. The second-order valence-corrected chi connectivity index (χ2v) is 7.18. The number of aromatic nitrogens is 4. The number of carbonyl (C=O) groups excluding carboxylic acids is 1. The molecule has 4 aromatic rings. The zero-order valence-electron chi connectivity index (χ0n) is 15.4. The average Bonchev–Trinajstić information content (AvgIpc) is 3.40. The fourth-order valence-electron chi connectivity index (χ4n) is 4.17. The van der Waals surface area contributed by atoms with E-state index in [1.165, 1.54) is 10.9 Å². The van der Waals surface area contributed by atoms with Crippen LogP contribution in [0.1, 0.15) is 35.6 Å². The number of hydrogen-bond donors (Lipinski definition) is 2. The number of carbonyl (C=O) groups is 1. The lowest BCUT2D eigenvalue weighted by atomic mass is 9.86. The number of benzene rings is 1. The van der Waals surface area contributed by atoms with Crippen LogP contribution < -0.4 is 5.32 Å². The Labute approximate surface area is 162 Å². The van der Waals surface area contributed by atoms with E-state index in [0.717, 1.165) is 41.9 Å². The number of amides is 1. The van der Waals surface area contributed by atoms with Crippen LogP contribution in [0.3, 0.4) is 0 Å². The summed E-state index contributed by atoms with van der Waals surface area (Å²) in [7, 11) is 0. The molecule has 0 saturated carbocycles. The van der Waals surface area contributed by atoms with Gasteiger partial charge in [-0.05, 0) is 37.0 Å². The summed E-state index contributed by atoms with van der Waals surface area (Å²) >= 11 is 0. The van der Waals surface area contributed by atoms with Crippen molar-refractivity contribution in [2.45, 2.75) is 31.7 Å². The highest BCUT2D eigenvalue weighted by atomic mass is 16.1. The van der Waals surface area contributed by atoms with E-state index in [2.05, 4.69) is 38.5 Å². The van der Waals surface area contributed by atoms with Crippen molar-refractivity contribution in [2.75, 3.05) is 0 Å². The molecular formula is C22H21N5O. The first-order valence-corrected chi connectivity index (χ1v) is 9.60. The van der Waals surface area contributed by atoms with Crippen LogP contribution in [0.5, 0.6) is 0 Å². The molecule has 0 saturated heterocycles. The molecule has 3 aromatic heterocycles. The molecule has 1 aromatic carbocycles. The third kappa shape index (κ3) is 2.87. The minimum atomic E-state index is -0.135. The van der Waals surface area contributed by atoms with Crippen molar-refractivity contribution in [1.82, 2.24) is 24.8 Å². The zero-order valence-corrected chi connectivity index (χ0v) is 15.4. The number of aromatic amines is 1. The quantitative estimate of drug-likeness (QED) is 0.577. The molecule has 140 valence electrons. The van der Waals surface area contributed by atoms with E-state index in [9.17, 15) is 4.79 Å². The number of aryl methyl sites for hydroxylation is 1. The Balaban J connectivity index is 1.38. The van der Waals surface area contributed by atoms with Crippen molar-refractivity contribution in [1.29, 1.82) is 0 Å². The van der Waals surface area contributed by atoms with Gasteiger partial charge in [-0.1, -0.05) is 24.3 Å². The Kier molecular flexibility index (Phi) is 4.16. The van der Waals surface area contributed by atoms with Gasteiger partial charge in [-0.15, -0.1) is 0 Å². The van der Waals surface area contributed by atoms with Gasteiger partial charge in [-0.3, -0.25) is 9.36 Å². The molecule has 1 amide bonds. The van der Waals surface area contributed by atoms with E-state index in [-0.39, 0.29) is 11.8 Å². The number of H-pyrrole nitrogens is 1. The van der Waals surface area contributed by atoms with E-state index in [4.69, 9.17) is 0 Å². The molecule has 1 aliphatic rings. The first kappa shape index (κ1) is 16.7. The summed E-state index contributed by atoms with van der Waals surface area (Å²) in [4.78, 5) is 25.1. The molecule has 28 heavy (non-hydrogen) atoms. The molecule has 0 bridgehead atoms. The molecule has 5 rings (SSSR count). The topological polar surface area (TPSA) is 75.6 Å². The Morgan fingerprint density at radius 3 is 3.04 bits per heavy atom. The van der Waals surface area contributed by atoms with Crippen LogP contribution in [0.25, 0.3) is 16.7 Å². The molecule has 0 fully saturated rings. The highest BCUT2D eigenvalue weighted by Gasteiger charge is 2.29. The lowest BCUT2D eigenvalue weighted by Gasteiger charge is -2.22. The predicted molar refractivity (Wildman–Crippen MR) is 107 cm³/mol. The Hall–Kier alpha value is -3.41. The van der Waals surface area contributed by atoms with Gasteiger partial charge in [0.1, 0.15) is 12.1 Å². The Morgan fingerprint density at radius 2 is 2.14 bits per heavy atom. The summed E-state index contributed by atoms with van der Waals surface area (Å²) < 4.78 is 1.86. The van der Waals surface area contributed by atoms with Crippen LogP contribution in [-0.4, -0.2) is 25.4 Å². The third-order valence-corrected chi connectivity index (χ3v) is 5.50. The Morgan fingerprint density at radius 1 is 1.21 bits per heavy atom. The van der Waals surface area contributed by atoms with Crippen LogP contribution in [-0.2, 0) is 17.8 Å². The number of rotatable bonds is 4. The SMILES string of the molecule is O=C(NCc1cccnc1-n1ccnc1)C1CCCc2c1[nH]c1ccccc21. The van der Waals surface area contributed by atoms with E-state index in [0.29, 0.717) is 6.54 Å². The largest absolute Gasteiger partial charge is 0.357 e. The number of nitrogens with zero attached hydrogens (tertiary/aromatic N) is 3. The minimum Gasteiger partial charge on any atom is -0.357 e. The van der Waals surface area contributed by atoms with Gasteiger partial charge >= 0.3 is 0 Å². The second kappa shape index (κ2) is 6.96. The maximum atomic E-state index is 13.0. The smallest absolute Gasteiger partial charge is 0.229 e. The molecule has 6 heteroatoms. The molecule has 0 spiro atoms. The number of hydrogen-bond acceptors (Lipinski definition) is 3. The van der Waals surface area contributed by atoms with Crippen LogP contribution in [0, 0.1) is 0 Å². The molecule has 2 N–H and O–H groups in total. The highest BCUT2D eigenvalue weighted by molar-refractivity contribution is 5.90. The second-order valence-electron chi connectivity index (χ2n) is 7.18. The van der Waals surface area contributed by atoms with Crippen molar-refractivity contribution in [2.24, 2.45) is 0 Å². The maximum Gasteiger partial charge on any atom is 0.229 e. The lowest BCUT2D eigenvalue weighted by Crippen LogP contribution is -2.31. The van der Waals surface area contributed by atoms with Gasteiger partial charge in [0.15, 0.2) is 0 Å². The number of para-hydroxylation sites is 1. The summed E-state index contributed by atoms with van der Waals surface area (Å²) in [6.45, 7) is 0.437. The van der Waals surface area contributed by atoms with E-state index in [1.54, 1.807) is 18.7 Å². The molecule has 0 aliphatic heterocycles. The zero-order chi connectivity index (χ0) is 18.9. The number of nitrogens with one attached hydrogen (secondary N) is 2. The molecule has 1 atom stereocenters. The van der Waals surface area contributed by atoms with Gasteiger partial charge in [-0.25, -0.2) is 9.97 Å². The first-order valence-electron chi connectivity index (χ1n) is 9.60. The summed E-state index contributed by atoms with van der Waals surface area (Å²) in [5.41, 5.74) is 4.44. The minimum absolute atomic E-state index is 0.0629. The Bertz CT molecular complexity index is 1130. The van der Waals surface area contributed by atoms with Crippen molar-refractivity contribution < 1.29 is 4.79 Å². The van der Waals surface area contributed by atoms with Crippen molar-refractivity contribution in [3.8, 4) is 5.82 Å². The maximum absolute atomic E-state index is 13.0. The lowest BCUT2D eigenvalue weighted by molar-refractivity contribution is -0.123. The summed E-state index contributed by atoms with van der Waals surface area (Å²) in [5, 5.41) is 4.36. The van der Waals surface area contributed by atoms with E-state index >= 15 is 0 Å². The highest BCUT2D eigenvalue weighted by Crippen LogP contribution is 2.36. The van der Waals surface area contributed by atoms with Gasteiger partial charge in [0.25, 0.3) is 0 Å². The summed E-state index contributed by atoms with van der Waals surface area (Å²) in [6, 6.07) is 12.2. The van der Waals surface area contributed by atoms with Crippen LogP contribution >= 0.6 is 0 Å². The molecule has 0 radical (unpaired) electrons. The fourth-order valence-corrected chi connectivity index (χ4v) is 4.17. The molecule has 1 aliphatic carbocycles. The van der Waals surface area contributed by atoms with Crippen LogP contribution in [0.4, 0.5) is 0 Å². The average molecular weight is 371 g/mol. The molecular weight excluding hydrogens is 350 g/mol. The van der Waals surface area contributed by atoms with Crippen molar-refractivity contribution >= 4 is 16.8 Å². The number of imidazole rings is 1. The van der Waals surface area contributed by atoms with Gasteiger partial charge in [-0.2, -0.15) is 0 Å². The number of fused-ring (bicyclic) bond motifs is 3. The van der Waals surface area contributed by atoms with E-state index in [1.807, 2.05) is 29.0 Å². The predicted octanol–water partition coefficient (Wildman–Crippen LogP) is 3.48. The van der Waals surface area contributed by atoms with Gasteiger partial charge in [0.05, 0.1) is 5.92 Å².